The molecule has 21 heavy (non-hydrogen) atoms. The summed E-state index contributed by atoms with van der Waals surface area (Å²) in [6.07, 6.45) is 0. The van der Waals surface area contributed by atoms with Gasteiger partial charge >= 0.3 is 0 Å². The standard InChI is InChI=1S/C16H27N3O2/c1-12(2)18(13(3)4)11-10-17-14(5)15-6-8-16(9-7-15)19(20)21/h6-9,12-14,17H,10-11H2,1-5H3. The smallest absolute Gasteiger partial charge is 0.269 e. The van der Waals surface area contributed by atoms with Crippen molar-refractivity contribution in [1.82, 2.24) is 10.2 Å². The summed E-state index contributed by atoms with van der Waals surface area (Å²) in [5.74, 6) is 0. The van der Waals surface area contributed by atoms with Crippen LogP contribution in [0.3, 0.4) is 0 Å². The Bertz CT molecular complexity index is 435. The molecule has 1 unspecified atom stereocenters. The predicted octanol–water partition coefficient (Wildman–Crippen LogP) is 3.36. The highest BCUT2D eigenvalue weighted by atomic mass is 16.6. The fraction of sp³-hybridized carbons (Fsp3) is 0.625. The minimum Gasteiger partial charge on any atom is -0.309 e. The number of nitrogens with zero attached hydrogens (tertiary/aromatic N) is 2. The van der Waals surface area contributed by atoms with Gasteiger partial charge in [0.15, 0.2) is 0 Å². The third-order valence-corrected chi connectivity index (χ3v) is 3.75. The average Bonchev–Trinajstić information content (AvgIpc) is 2.42. The second-order valence-electron chi connectivity index (χ2n) is 5.95. The molecule has 0 amide bonds. The van der Waals surface area contributed by atoms with Crippen molar-refractivity contribution < 1.29 is 4.92 Å². The van der Waals surface area contributed by atoms with Gasteiger partial charge in [0.1, 0.15) is 0 Å². The molecule has 1 N–H and O–H groups in total. The molecule has 1 atom stereocenters. The SMILES string of the molecule is CC(NCCN(C(C)C)C(C)C)c1ccc([N+](=O)[O-])cc1. The molecule has 0 radical (unpaired) electrons. The molecule has 5 heteroatoms. The van der Waals surface area contributed by atoms with Crippen LogP contribution in [-0.4, -0.2) is 35.0 Å². The zero-order valence-electron chi connectivity index (χ0n) is 13.7. The second kappa shape index (κ2) is 8.10. The van der Waals surface area contributed by atoms with Crippen LogP contribution in [0, 0.1) is 10.1 Å². The summed E-state index contributed by atoms with van der Waals surface area (Å²) in [5, 5.41) is 14.1. The van der Waals surface area contributed by atoms with Crippen LogP contribution in [0.2, 0.25) is 0 Å². The highest BCUT2D eigenvalue weighted by Gasteiger charge is 2.13. The Balaban J connectivity index is 2.50. The van der Waals surface area contributed by atoms with Crippen molar-refractivity contribution in [1.29, 1.82) is 0 Å². The largest absolute Gasteiger partial charge is 0.309 e. The van der Waals surface area contributed by atoms with E-state index in [1.54, 1.807) is 12.1 Å². The summed E-state index contributed by atoms with van der Waals surface area (Å²) in [5.41, 5.74) is 1.21. The molecule has 0 aliphatic heterocycles. The lowest BCUT2D eigenvalue weighted by molar-refractivity contribution is -0.384. The molecule has 0 spiro atoms. The first kappa shape index (κ1) is 17.6. The number of nitrogens with one attached hydrogen (secondary N) is 1. The van der Waals surface area contributed by atoms with Crippen LogP contribution < -0.4 is 5.32 Å². The van der Waals surface area contributed by atoms with Gasteiger partial charge in [-0.25, -0.2) is 0 Å². The first-order valence-corrected chi connectivity index (χ1v) is 7.56. The van der Waals surface area contributed by atoms with Crippen LogP contribution in [0.25, 0.3) is 0 Å². The van der Waals surface area contributed by atoms with Crippen molar-refractivity contribution in [2.45, 2.75) is 52.7 Å². The molecular weight excluding hydrogens is 266 g/mol. The van der Waals surface area contributed by atoms with Crippen LogP contribution in [0.1, 0.15) is 46.2 Å². The maximum Gasteiger partial charge on any atom is 0.269 e. The van der Waals surface area contributed by atoms with Gasteiger partial charge in [-0.3, -0.25) is 15.0 Å². The third-order valence-electron chi connectivity index (χ3n) is 3.75. The quantitative estimate of drug-likeness (QED) is 0.590. The van der Waals surface area contributed by atoms with Gasteiger partial charge in [0, 0.05) is 43.3 Å². The third kappa shape index (κ3) is 5.44. The first-order chi connectivity index (χ1) is 9.82. The van der Waals surface area contributed by atoms with Crippen molar-refractivity contribution in [3.63, 3.8) is 0 Å². The fourth-order valence-electron chi connectivity index (χ4n) is 2.53. The first-order valence-electron chi connectivity index (χ1n) is 7.56. The Morgan fingerprint density at radius 1 is 1.10 bits per heavy atom. The van der Waals surface area contributed by atoms with E-state index >= 15 is 0 Å². The summed E-state index contributed by atoms with van der Waals surface area (Å²) in [6, 6.07) is 8.00. The van der Waals surface area contributed by atoms with E-state index in [0.29, 0.717) is 12.1 Å². The molecule has 0 aromatic heterocycles. The summed E-state index contributed by atoms with van der Waals surface area (Å²) in [4.78, 5) is 12.7. The van der Waals surface area contributed by atoms with E-state index in [1.165, 1.54) is 0 Å². The van der Waals surface area contributed by atoms with Crippen LogP contribution in [0.5, 0.6) is 0 Å². The number of rotatable bonds is 8. The molecule has 0 aliphatic carbocycles. The van der Waals surface area contributed by atoms with E-state index in [9.17, 15) is 10.1 Å². The highest BCUT2D eigenvalue weighted by Crippen LogP contribution is 2.17. The van der Waals surface area contributed by atoms with Gasteiger partial charge in [-0.1, -0.05) is 12.1 Å². The molecule has 1 aromatic carbocycles. The molecule has 0 aliphatic rings. The number of nitro benzene ring substituents is 1. The van der Waals surface area contributed by atoms with E-state index in [4.69, 9.17) is 0 Å². The van der Waals surface area contributed by atoms with Gasteiger partial charge in [-0.15, -0.1) is 0 Å². The number of non-ortho nitro benzene ring substituents is 1. The number of hydrogen-bond donors (Lipinski definition) is 1. The Labute approximate surface area is 127 Å². The lowest BCUT2D eigenvalue weighted by atomic mass is 10.1. The molecule has 0 bridgehead atoms. The zero-order chi connectivity index (χ0) is 16.0. The molecule has 0 fully saturated rings. The highest BCUT2D eigenvalue weighted by molar-refractivity contribution is 5.33. The molecule has 0 saturated heterocycles. The van der Waals surface area contributed by atoms with Gasteiger partial charge in [0.2, 0.25) is 0 Å². The maximum absolute atomic E-state index is 10.6. The normalized spacial score (nSPS) is 13.1. The van der Waals surface area contributed by atoms with Crippen molar-refractivity contribution in [2.24, 2.45) is 0 Å². The molecule has 0 saturated carbocycles. The number of hydrogen-bond acceptors (Lipinski definition) is 4. The van der Waals surface area contributed by atoms with Crippen LogP contribution in [0.15, 0.2) is 24.3 Å². The minimum absolute atomic E-state index is 0.136. The predicted molar refractivity (Wildman–Crippen MR) is 86.5 cm³/mol. The molecule has 0 heterocycles. The van der Waals surface area contributed by atoms with Gasteiger partial charge in [0.25, 0.3) is 5.69 Å². The molecule has 1 rings (SSSR count). The van der Waals surface area contributed by atoms with Gasteiger partial charge in [0.05, 0.1) is 4.92 Å². The fourth-order valence-corrected chi connectivity index (χ4v) is 2.53. The summed E-state index contributed by atoms with van der Waals surface area (Å²) in [6.45, 7) is 12.8. The summed E-state index contributed by atoms with van der Waals surface area (Å²) < 4.78 is 0. The molecule has 118 valence electrons. The Morgan fingerprint density at radius 3 is 2.05 bits per heavy atom. The van der Waals surface area contributed by atoms with E-state index in [2.05, 4.69) is 44.8 Å². The van der Waals surface area contributed by atoms with Gasteiger partial charge < -0.3 is 5.32 Å². The van der Waals surface area contributed by atoms with Crippen molar-refractivity contribution >= 4 is 5.69 Å². The second-order valence-corrected chi connectivity index (χ2v) is 5.95. The van der Waals surface area contributed by atoms with Crippen LogP contribution in [-0.2, 0) is 0 Å². The molecule has 1 aromatic rings. The van der Waals surface area contributed by atoms with E-state index in [1.807, 2.05) is 12.1 Å². The lowest BCUT2D eigenvalue weighted by Crippen LogP contribution is -2.41. The van der Waals surface area contributed by atoms with Crippen LogP contribution in [0.4, 0.5) is 5.69 Å². The summed E-state index contributed by atoms with van der Waals surface area (Å²) in [7, 11) is 0. The van der Waals surface area contributed by atoms with Crippen molar-refractivity contribution in [3.8, 4) is 0 Å². The monoisotopic (exact) mass is 293 g/mol. The number of benzene rings is 1. The van der Waals surface area contributed by atoms with Gasteiger partial charge in [-0.2, -0.15) is 0 Å². The van der Waals surface area contributed by atoms with E-state index < -0.39 is 0 Å². The average molecular weight is 293 g/mol. The summed E-state index contributed by atoms with van der Waals surface area (Å²) >= 11 is 0. The molecular formula is C16H27N3O2. The van der Waals surface area contributed by atoms with Crippen molar-refractivity contribution in [2.75, 3.05) is 13.1 Å². The van der Waals surface area contributed by atoms with Gasteiger partial charge in [-0.05, 0) is 40.2 Å². The minimum atomic E-state index is -0.370. The Kier molecular flexibility index (Phi) is 6.78. The Morgan fingerprint density at radius 2 is 1.62 bits per heavy atom. The van der Waals surface area contributed by atoms with E-state index in [0.717, 1.165) is 18.7 Å². The lowest BCUT2D eigenvalue weighted by Gasteiger charge is -2.31. The van der Waals surface area contributed by atoms with Crippen LogP contribution >= 0.6 is 0 Å². The maximum atomic E-state index is 10.6. The Hall–Kier alpha value is -1.46. The van der Waals surface area contributed by atoms with Crippen molar-refractivity contribution in [3.05, 3.63) is 39.9 Å². The molecule has 5 nitrogen and oxygen atoms in total. The number of nitro groups is 1. The zero-order valence-corrected chi connectivity index (χ0v) is 13.7. The van der Waals surface area contributed by atoms with E-state index in [-0.39, 0.29) is 16.7 Å². The topological polar surface area (TPSA) is 58.4 Å².